The van der Waals surface area contributed by atoms with Crippen LogP contribution in [0.3, 0.4) is 0 Å². The molecule has 1 atom stereocenters. The Hall–Kier alpha value is -3.52. The van der Waals surface area contributed by atoms with E-state index < -0.39 is 6.29 Å². The molecule has 5 aromatic rings. The Kier molecular flexibility index (Phi) is 5.84. The molecule has 0 amide bonds. The van der Waals surface area contributed by atoms with Crippen LogP contribution in [0.2, 0.25) is 0 Å². The molecule has 7 heteroatoms. The first kappa shape index (κ1) is 22.9. The van der Waals surface area contributed by atoms with Crippen molar-refractivity contribution in [1.29, 1.82) is 0 Å². The Morgan fingerprint density at radius 3 is 2.42 bits per heavy atom. The molecular formula is C29H29N3O4. The molecule has 0 saturated carbocycles. The zero-order valence-corrected chi connectivity index (χ0v) is 20.4. The number of aromatic nitrogens is 3. The van der Waals surface area contributed by atoms with Crippen LogP contribution in [0.1, 0.15) is 47.8 Å². The van der Waals surface area contributed by atoms with Crippen molar-refractivity contribution in [3.63, 3.8) is 0 Å². The van der Waals surface area contributed by atoms with E-state index in [4.69, 9.17) is 14.2 Å². The lowest BCUT2D eigenvalue weighted by molar-refractivity contribution is -0.0424. The van der Waals surface area contributed by atoms with Gasteiger partial charge in [-0.3, -0.25) is 4.98 Å². The highest BCUT2D eigenvalue weighted by molar-refractivity contribution is 6.07. The summed E-state index contributed by atoms with van der Waals surface area (Å²) in [6.07, 6.45) is 2.21. The third-order valence-corrected chi connectivity index (χ3v) is 7.42. The molecule has 0 bridgehead atoms. The van der Waals surface area contributed by atoms with Gasteiger partial charge >= 0.3 is 0 Å². The highest BCUT2D eigenvalue weighted by Gasteiger charge is 2.30. The average Bonchev–Trinajstić information content (AvgIpc) is 3.41. The lowest BCUT2D eigenvalue weighted by Crippen LogP contribution is -2.27. The number of aliphatic hydroxyl groups is 2. The number of nitrogens with zero attached hydrogens (tertiary/aromatic N) is 3. The first-order valence-corrected chi connectivity index (χ1v) is 12.4. The van der Waals surface area contributed by atoms with Crippen molar-refractivity contribution >= 4 is 21.9 Å². The van der Waals surface area contributed by atoms with Gasteiger partial charge in [0.05, 0.1) is 28.3 Å². The summed E-state index contributed by atoms with van der Waals surface area (Å²) in [5.41, 5.74) is 7.20. The van der Waals surface area contributed by atoms with Crippen LogP contribution in [0, 0.1) is 19.8 Å². The van der Waals surface area contributed by atoms with Crippen molar-refractivity contribution < 1.29 is 19.5 Å². The first-order valence-electron chi connectivity index (χ1n) is 12.4. The average molecular weight is 484 g/mol. The van der Waals surface area contributed by atoms with Crippen molar-refractivity contribution in [3.8, 4) is 11.1 Å². The summed E-state index contributed by atoms with van der Waals surface area (Å²) in [6.45, 7) is 5.32. The van der Waals surface area contributed by atoms with E-state index in [-0.39, 0.29) is 6.04 Å². The highest BCUT2D eigenvalue weighted by atomic mass is 16.5. The van der Waals surface area contributed by atoms with E-state index in [9.17, 15) is 10.2 Å². The molecule has 2 N–H and O–H groups in total. The second kappa shape index (κ2) is 9.17. The number of benzene rings is 2. The molecule has 2 aromatic carbocycles. The summed E-state index contributed by atoms with van der Waals surface area (Å²) in [4.78, 5) is 4.92. The van der Waals surface area contributed by atoms with Gasteiger partial charge in [-0.2, -0.15) is 0 Å². The van der Waals surface area contributed by atoms with Crippen LogP contribution in [0.5, 0.6) is 0 Å². The predicted molar refractivity (Wildman–Crippen MR) is 138 cm³/mol. The number of hydrogen-bond donors (Lipinski definition) is 2. The van der Waals surface area contributed by atoms with Gasteiger partial charge in [0.15, 0.2) is 6.29 Å². The normalized spacial score (nSPS) is 15.8. The Morgan fingerprint density at radius 2 is 1.72 bits per heavy atom. The number of hydrogen-bond acceptors (Lipinski definition) is 6. The number of aliphatic hydroxyl groups excluding tert-OH is 1. The Labute approximate surface area is 208 Å². The molecule has 1 aliphatic rings. The minimum Gasteiger partial charge on any atom is -0.381 e. The molecule has 6 rings (SSSR count). The number of ether oxygens (including phenoxy) is 1. The van der Waals surface area contributed by atoms with Gasteiger partial charge in [0.1, 0.15) is 5.76 Å². The molecule has 3 aromatic heterocycles. The SMILES string of the molecule is Cc1noc(C)c1-c1cnc2c3ccc(C(O)O)cc3n([C@H](c3ccccc3)C3CCOCC3)c2c1. The van der Waals surface area contributed by atoms with Gasteiger partial charge < -0.3 is 24.0 Å². The number of fused-ring (bicyclic) bond motifs is 3. The van der Waals surface area contributed by atoms with Gasteiger partial charge in [-0.05, 0) is 50.3 Å². The summed E-state index contributed by atoms with van der Waals surface area (Å²) >= 11 is 0. The van der Waals surface area contributed by atoms with Gasteiger partial charge in [-0.25, -0.2) is 0 Å². The summed E-state index contributed by atoms with van der Waals surface area (Å²) < 4.78 is 13.5. The van der Waals surface area contributed by atoms with Crippen LogP contribution in [0.25, 0.3) is 33.1 Å². The first-order chi connectivity index (χ1) is 17.5. The maximum absolute atomic E-state index is 9.98. The summed E-state index contributed by atoms with van der Waals surface area (Å²) in [5, 5.41) is 25.1. The molecular weight excluding hydrogens is 454 g/mol. The molecule has 0 aliphatic carbocycles. The van der Waals surface area contributed by atoms with Crippen molar-refractivity contribution in [2.45, 2.75) is 39.0 Å². The van der Waals surface area contributed by atoms with Crippen LogP contribution >= 0.6 is 0 Å². The molecule has 0 unspecified atom stereocenters. The van der Waals surface area contributed by atoms with E-state index in [1.165, 1.54) is 5.56 Å². The molecule has 7 nitrogen and oxygen atoms in total. The Balaban J connectivity index is 1.68. The quantitative estimate of drug-likeness (QED) is 0.323. The summed E-state index contributed by atoms with van der Waals surface area (Å²) in [6, 6.07) is 18.3. The van der Waals surface area contributed by atoms with Crippen molar-refractivity contribution in [2.75, 3.05) is 13.2 Å². The predicted octanol–water partition coefficient (Wildman–Crippen LogP) is 5.46. The van der Waals surface area contributed by atoms with Gasteiger partial charge in [0, 0.05) is 41.5 Å². The van der Waals surface area contributed by atoms with Gasteiger partial charge in [-0.15, -0.1) is 0 Å². The fourth-order valence-corrected chi connectivity index (χ4v) is 5.73. The highest BCUT2D eigenvalue weighted by Crippen LogP contribution is 2.42. The molecule has 1 aliphatic heterocycles. The topological polar surface area (TPSA) is 93.5 Å². The minimum absolute atomic E-state index is 0.0305. The van der Waals surface area contributed by atoms with Crippen LogP contribution < -0.4 is 0 Å². The lowest BCUT2D eigenvalue weighted by atomic mass is 9.86. The zero-order valence-electron chi connectivity index (χ0n) is 20.4. The molecule has 36 heavy (non-hydrogen) atoms. The van der Waals surface area contributed by atoms with Crippen molar-refractivity contribution in [2.24, 2.45) is 5.92 Å². The van der Waals surface area contributed by atoms with E-state index in [1.54, 1.807) is 6.07 Å². The van der Waals surface area contributed by atoms with E-state index in [1.807, 2.05) is 38.2 Å². The van der Waals surface area contributed by atoms with E-state index >= 15 is 0 Å². The van der Waals surface area contributed by atoms with E-state index in [0.717, 1.165) is 70.6 Å². The molecule has 1 fully saturated rings. The third-order valence-electron chi connectivity index (χ3n) is 7.42. The van der Waals surface area contributed by atoms with E-state index in [0.29, 0.717) is 11.5 Å². The zero-order chi connectivity index (χ0) is 24.8. The fraction of sp³-hybridized carbons (Fsp3) is 0.310. The number of pyridine rings is 1. The molecule has 0 spiro atoms. The minimum atomic E-state index is -1.55. The van der Waals surface area contributed by atoms with Crippen LogP contribution in [0.4, 0.5) is 0 Å². The number of rotatable bonds is 5. The second-order valence-corrected chi connectivity index (χ2v) is 9.62. The monoisotopic (exact) mass is 483 g/mol. The second-order valence-electron chi connectivity index (χ2n) is 9.62. The summed E-state index contributed by atoms with van der Waals surface area (Å²) in [7, 11) is 0. The van der Waals surface area contributed by atoms with Crippen molar-refractivity contribution in [1.82, 2.24) is 14.7 Å². The third kappa shape index (κ3) is 3.80. The fourth-order valence-electron chi connectivity index (χ4n) is 5.73. The summed E-state index contributed by atoms with van der Waals surface area (Å²) in [5.74, 6) is 1.11. The van der Waals surface area contributed by atoms with Gasteiger partial charge in [0.2, 0.25) is 0 Å². The maximum atomic E-state index is 9.98. The van der Waals surface area contributed by atoms with Crippen LogP contribution in [-0.2, 0) is 4.74 Å². The number of aryl methyl sites for hydroxylation is 2. The standard InChI is InChI=1S/C29H29N3O4/c1-17-26(18(2)36-31-17)22-15-25-27(30-16-22)23-9-8-21(29(33)34)14-24(23)32(25)28(19-6-4-3-5-7-19)20-10-12-35-13-11-20/h3-9,14-16,20,28-29,33-34H,10-13H2,1-2H3/t28-/m1/s1. The van der Waals surface area contributed by atoms with E-state index in [2.05, 4.69) is 40.1 Å². The molecule has 1 saturated heterocycles. The Bertz CT molecular complexity index is 1510. The van der Waals surface area contributed by atoms with Crippen LogP contribution in [-0.4, -0.2) is 38.1 Å². The molecule has 184 valence electrons. The lowest BCUT2D eigenvalue weighted by Gasteiger charge is -2.33. The Morgan fingerprint density at radius 1 is 0.944 bits per heavy atom. The van der Waals surface area contributed by atoms with Crippen LogP contribution in [0.15, 0.2) is 65.3 Å². The molecule has 4 heterocycles. The smallest absolute Gasteiger partial charge is 0.178 e. The largest absolute Gasteiger partial charge is 0.381 e. The van der Waals surface area contributed by atoms with Gasteiger partial charge in [0.25, 0.3) is 0 Å². The van der Waals surface area contributed by atoms with Gasteiger partial charge in [-0.1, -0.05) is 47.6 Å². The maximum Gasteiger partial charge on any atom is 0.178 e. The molecule has 0 radical (unpaired) electrons. The van der Waals surface area contributed by atoms with Crippen molar-refractivity contribution in [3.05, 3.63) is 83.4 Å².